The molecule has 12 heterocycles. The van der Waals surface area contributed by atoms with Crippen LogP contribution in [0.3, 0.4) is 0 Å². The number of benzene rings is 6. The van der Waals surface area contributed by atoms with Crippen molar-refractivity contribution < 1.29 is 22.1 Å². The molecule has 2 aliphatic rings. The van der Waals surface area contributed by atoms with Crippen LogP contribution in [0.4, 0.5) is 0 Å². The van der Waals surface area contributed by atoms with E-state index in [1.54, 1.807) is 82.5 Å². The Hall–Kier alpha value is -9.54. The molecule has 0 bridgehead atoms. The van der Waals surface area contributed by atoms with Crippen LogP contribution in [0.1, 0.15) is 22.6 Å². The molecule has 0 saturated heterocycles. The lowest BCUT2D eigenvalue weighted by Gasteiger charge is -1.87. The number of H-pyrrole nitrogens is 2. The predicted octanol–water partition coefficient (Wildman–Crippen LogP) is 22.4. The maximum atomic E-state index is 5.65. The molecule has 20 rings (SSSR count). The highest BCUT2D eigenvalue weighted by Crippen LogP contribution is 2.29. The minimum absolute atomic E-state index is 0.810. The highest BCUT2D eigenvalue weighted by Gasteiger charge is 2.07. The minimum Gasteiger partial charge on any atom is -0.465 e. The zero-order valence-electron chi connectivity index (χ0n) is 44.9. The summed E-state index contributed by atoms with van der Waals surface area (Å²) in [4.78, 5) is 6.51. The number of furan rings is 5. The number of aromatic amines is 2. The molecule has 2 aliphatic carbocycles. The number of hydrogen-bond acceptors (Lipinski definition) is 12. The largest absolute Gasteiger partial charge is 0.465 e. The van der Waals surface area contributed by atoms with E-state index in [1.807, 2.05) is 96.5 Å². The van der Waals surface area contributed by atoms with Crippen molar-refractivity contribution in [1.82, 2.24) is 18.7 Å². The van der Waals surface area contributed by atoms with Crippen molar-refractivity contribution in [3.05, 3.63) is 288 Å². The zero-order chi connectivity index (χ0) is 56.5. The van der Waals surface area contributed by atoms with Crippen LogP contribution in [0.15, 0.2) is 287 Å². The fraction of sp³-hybridized carbons (Fsp3) is 0.0286. The molecule has 12 aromatic heterocycles. The van der Waals surface area contributed by atoms with E-state index in [1.165, 1.54) is 85.3 Å². The van der Waals surface area contributed by atoms with Gasteiger partial charge < -0.3 is 32.1 Å². The zero-order valence-corrected chi connectivity index (χ0v) is 49.0. The Bertz CT molecular complexity index is 4320. The van der Waals surface area contributed by atoms with Gasteiger partial charge in [-0.1, -0.05) is 115 Å². The van der Waals surface area contributed by atoms with Crippen molar-refractivity contribution in [2.24, 2.45) is 0 Å². The van der Waals surface area contributed by atoms with Crippen LogP contribution in [-0.2, 0) is 12.8 Å². The molecule has 2 N–H and O–H groups in total. The van der Waals surface area contributed by atoms with Gasteiger partial charge in [-0.3, -0.25) is 0 Å². The molecule has 0 saturated carbocycles. The van der Waals surface area contributed by atoms with Gasteiger partial charge in [0.2, 0.25) is 0 Å². The SMILES string of the molecule is C1=Cc2[nH]ccc2C1.C1=Cc2occc2C1.c1cc2occc2o1.c1cc2sccc2o1.c1cc2sccc2s1.c1ccc2c(c1)[nH]c1ccccc12.c1ccc2c(c1)oc1ccccc12.c1ccc2nsnc2c1.c1ccc2sccc2c1. The smallest absolute Gasteiger partial charge is 0.172 e. The van der Waals surface area contributed by atoms with Crippen LogP contribution >= 0.6 is 57.1 Å². The molecule has 0 fully saturated rings. The molecular weight excluding hydrogens is 1140 g/mol. The van der Waals surface area contributed by atoms with Crippen molar-refractivity contribution in [2.75, 3.05) is 0 Å². The van der Waals surface area contributed by atoms with Gasteiger partial charge in [0.15, 0.2) is 11.2 Å². The third kappa shape index (κ3) is 13.7. The maximum absolute atomic E-state index is 5.65. The van der Waals surface area contributed by atoms with Crippen LogP contribution in [0.5, 0.6) is 0 Å². The number of aromatic nitrogens is 4. The second kappa shape index (κ2) is 27.5. The Morgan fingerprint density at radius 1 is 0.369 bits per heavy atom. The first-order valence-electron chi connectivity index (χ1n) is 26.9. The fourth-order valence-corrected chi connectivity index (χ4v) is 13.1. The van der Waals surface area contributed by atoms with Crippen LogP contribution in [0.25, 0.3) is 108 Å². The average molecular weight is 1190 g/mol. The molecule has 0 aliphatic heterocycles. The molecule has 6 aromatic carbocycles. The third-order valence-corrected chi connectivity index (χ3v) is 17.5. The summed E-state index contributed by atoms with van der Waals surface area (Å²) in [6.07, 6.45) is 19.2. The molecule has 0 radical (unpaired) electrons. The molecule has 0 unspecified atom stereocenters. The van der Waals surface area contributed by atoms with E-state index in [4.69, 9.17) is 22.1 Å². The average Bonchev–Trinajstić information content (AvgIpc) is 4.36. The van der Waals surface area contributed by atoms with Gasteiger partial charge >= 0.3 is 0 Å². The van der Waals surface area contributed by atoms with Gasteiger partial charge in [-0.15, -0.1) is 45.3 Å². The summed E-state index contributed by atoms with van der Waals surface area (Å²) in [5.74, 6) is 1.03. The lowest BCUT2D eigenvalue weighted by molar-refractivity contribution is 0.556. The summed E-state index contributed by atoms with van der Waals surface area (Å²) >= 11 is 8.35. The van der Waals surface area contributed by atoms with Crippen LogP contribution in [0.2, 0.25) is 0 Å². The first-order valence-corrected chi connectivity index (χ1v) is 31.1. The third-order valence-electron chi connectivity index (χ3n) is 13.3. The molecular formula is C70H52N4O5S5. The Balaban J connectivity index is 0.0000000936. The molecule has 0 spiro atoms. The second-order valence-electron chi connectivity index (χ2n) is 18.7. The molecule has 14 heteroatoms. The molecule has 412 valence electrons. The van der Waals surface area contributed by atoms with Crippen molar-refractivity contribution in [1.29, 1.82) is 0 Å². The van der Waals surface area contributed by atoms with Gasteiger partial charge in [-0.05, 0) is 142 Å². The first kappa shape index (κ1) is 55.0. The van der Waals surface area contributed by atoms with E-state index in [9.17, 15) is 0 Å². The highest BCUT2D eigenvalue weighted by atomic mass is 32.1. The number of hydrogen-bond donors (Lipinski definition) is 2. The van der Waals surface area contributed by atoms with Gasteiger partial charge in [0.05, 0.1) is 41.5 Å². The lowest BCUT2D eigenvalue weighted by Crippen LogP contribution is -1.70. The number of nitrogens with one attached hydrogen (secondary N) is 2. The number of thiophene rings is 4. The molecule has 84 heavy (non-hydrogen) atoms. The van der Waals surface area contributed by atoms with Gasteiger partial charge in [0.25, 0.3) is 0 Å². The number of rotatable bonds is 0. The predicted molar refractivity (Wildman–Crippen MR) is 356 cm³/mol. The quantitative estimate of drug-likeness (QED) is 0.155. The van der Waals surface area contributed by atoms with Crippen LogP contribution in [-0.4, -0.2) is 18.7 Å². The Labute approximate surface area is 502 Å². The van der Waals surface area contributed by atoms with Crippen molar-refractivity contribution >= 4 is 165 Å². The van der Waals surface area contributed by atoms with E-state index >= 15 is 0 Å². The molecule has 9 nitrogen and oxygen atoms in total. The van der Waals surface area contributed by atoms with Crippen LogP contribution in [0, 0.1) is 0 Å². The summed E-state index contributed by atoms with van der Waals surface area (Å²) in [7, 11) is 0. The monoisotopic (exact) mass is 1190 g/mol. The first-order chi connectivity index (χ1) is 41.7. The summed E-state index contributed by atoms with van der Waals surface area (Å²) in [5, 5.41) is 14.7. The topological polar surface area (TPSA) is 123 Å². The van der Waals surface area contributed by atoms with Gasteiger partial charge in [-0.2, -0.15) is 8.75 Å². The standard InChI is InChI=1S/C12H9N.C12H8O.C8H6S.C7H7N.C7H6O.C6H4N2S.C6H4O2.C6H4OS.C6H4S2/c2*1-3-7-11-9(5-1)10-6-2-4-8-12(10)13-11;1-2-4-8-7(3-1)5-6-9-8;2*1-2-6-4-5-8-7(6)3-1;1-2-4-6-5(3-1)7-9-8-6;1-3-7-6-2-4-8-5(1)6;1-3-7-5-2-4-8-6(1)5;1-3-7-6-2-4-8-5(1)6/h1-8,13H;1-8H;1-6H;1,3-5,8H,2H2;1,3-5H,2H2;1-4H;3*1-4H. The van der Waals surface area contributed by atoms with Crippen molar-refractivity contribution in [3.63, 3.8) is 0 Å². The van der Waals surface area contributed by atoms with E-state index in [0.29, 0.717) is 0 Å². The van der Waals surface area contributed by atoms with E-state index in [2.05, 4.69) is 162 Å². The van der Waals surface area contributed by atoms with Crippen molar-refractivity contribution in [3.8, 4) is 0 Å². The fourth-order valence-electron chi connectivity index (χ4n) is 9.21. The van der Waals surface area contributed by atoms with Gasteiger partial charge in [0.1, 0.15) is 33.5 Å². The Morgan fingerprint density at radius 3 is 1.55 bits per heavy atom. The molecule has 0 amide bonds. The normalized spacial score (nSPS) is 11.4. The van der Waals surface area contributed by atoms with Gasteiger partial charge in [-0.25, -0.2) is 0 Å². The van der Waals surface area contributed by atoms with E-state index < -0.39 is 0 Å². The minimum atomic E-state index is 0.810. The Morgan fingerprint density at radius 2 is 0.893 bits per heavy atom. The maximum Gasteiger partial charge on any atom is 0.172 e. The summed E-state index contributed by atoms with van der Waals surface area (Å²) in [6.45, 7) is 0. The molecule has 18 aromatic rings. The second-order valence-corrected chi connectivity index (χ2v) is 23.0. The summed E-state index contributed by atoms with van der Waals surface area (Å²) in [6, 6.07) is 67.3. The Kier molecular flexibility index (Phi) is 18.0. The highest BCUT2D eigenvalue weighted by molar-refractivity contribution is 7.25. The number of para-hydroxylation sites is 4. The summed E-state index contributed by atoms with van der Waals surface area (Å²) < 4.78 is 39.3. The van der Waals surface area contributed by atoms with E-state index in [0.717, 1.165) is 57.6 Å². The number of allylic oxidation sites excluding steroid dienone is 2. The van der Waals surface area contributed by atoms with Crippen molar-refractivity contribution in [2.45, 2.75) is 12.8 Å². The van der Waals surface area contributed by atoms with Gasteiger partial charge in [0, 0.05) is 76.3 Å². The summed E-state index contributed by atoms with van der Waals surface area (Å²) in [5.41, 5.74) is 13.0. The number of fused-ring (bicyclic) bond motifs is 13. The van der Waals surface area contributed by atoms with E-state index in [-0.39, 0.29) is 0 Å². The molecule has 0 atom stereocenters. The van der Waals surface area contributed by atoms with Crippen LogP contribution < -0.4 is 0 Å². The lowest BCUT2D eigenvalue weighted by atomic mass is 10.2. The number of nitrogens with zero attached hydrogens (tertiary/aromatic N) is 2.